The van der Waals surface area contributed by atoms with Crippen LogP contribution < -0.4 is 5.32 Å². The van der Waals surface area contributed by atoms with Crippen LogP contribution in [0.25, 0.3) is 0 Å². The molecule has 2 bridgehead atoms. The smallest absolute Gasteiger partial charge is 0.322 e. The maximum Gasteiger partial charge on any atom is 0.322 e. The van der Waals surface area contributed by atoms with Crippen molar-refractivity contribution in [1.82, 2.24) is 4.90 Å². The molecule has 2 aliphatic heterocycles. The van der Waals surface area contributed by atoms with Crippen LogP contribution in [-0.4, -0.2) is 42.9 Å². The highest BCUT2D eigenvalue weighted by Crippen LogP contribution is 2.33. The van der Waals surface area contributed by atoms with Crippen LogP contribution in [0.1, 0.15) is 24.8 Å². The average Bonchev–Trinajstić information content (AvgIpc) is 2.62. The van der Waals surface area contributed by atoms with Gasteiger partial charge in [-0.25, -0.2) is 17.6 Å². The van der Waals surface area contributed by atoms with Gasteiger partial charge in [0.2, 0.25) is 0 Å². The number of nitrogens with zero attached hydrogens (tertiary/aromatic N) is 1. The summed E-state index contributed by atoms with van der Waals surface area (Å²) in [5.41, 5.74) is 0.586. The third-order valence-corrected chi connectivity index (χ3v) is 7.60. The van der Waals surface area contributed by atoms with Gasteiger partial charge in [0, 0.05) is 13.1 Å². The van der Waals surface area contributed by atoms with Gasteiger partial charge in [0.05, 0.1) is 21.2 Å². The maximum atomic E-state index is 14.0. The van der Waals surface area contributed by atoms with Crippen molar-refractivity contribution in [2.75, 3.05) is 18.4 Å². The summed E-state index contributed by atoms with van der Waals surface area (Å²) in [4.78, 5) is 13.8. The summed E-state index contributed by atoms with van der Waals surface area (Å²) in [6.07, 6.45) is 1.67. The second kappa shape index (κ2) is 5.94. The molecule has 2 heterocycles. The van der Waals surface area contributed by atoms with Gasteiger partial charge in [-0.3, -0.25) is 0 Å². The third-order valence-electron chi connectivity index (χ3n) is 4.59. The molecule has 2 amide bonds. The fraction of sp³-hybridized carbons (Fsp3) is 0.533. The fourth-order valence-electron chi connectivity index (χ4n) is 3.30. The van der Waals surface area contributed by atoms with Crippen LogP contribution in [-0.2, 0) is 9.84 Å². The van der Waals surface area contributed by atoms with Crippen molar-refractivity contribution >= 4 is 33.2 Å². The highest BCUT2D eigenvalue weighted by atomic mass is 35.5. The normalized spacial score (nSPS) is 26.0. The summed E-state index contributed by atoms with van der Waals surface area (Å²) < 4.78 is 38.4. The third kappa shape index (κ3) is 3.04. The van der Waals surface area contributed by atoms with Gasteiger partial charge >= 0.3 is 6.03 Å². The zero-order valence-electron chi connectivity index (χ0n) is 12.7. The van der Waals surface area contributed by atoms with Crippen molar-refractivity contribution in [3.05, 3.63) is 28.5 Å². The number of carbonyl (C=O) groups is 1. The fourth-order valence-corrected chi connectivity index (χ4v) is 5.91. The zero-order valence-corrected chi connectivity index (χ0v) is 14.3. The lowest BCUT2D eigenvalue weighted by Crippen LogP contribution is -2.40. The van der Waals surface area contributed by atoms with Gasteiger partial charge < -0.3 is 10.2 Å². The number of halogens is 2. The van der Waals surface area contributed by atoms with Crippen LogP contribution in [0.4, 0.5) is 14.9 Å². The van der Waals surface area contributed by atoms with E-state index >= 15 is 0 Å². The molecule has 2 saturated heterocycles. The van der Waals surface area contributed by atoms with Gasteiger partial charge in [-0.2, -0.15) is 0 Å². The number of rotatable bonds is 1. The largest absolute Gasteiger partial charge is 0.323 e. The van der Waals surface area contributed by atoms with Gasteiger partial charge in [0.25, 0.3) is 0 Å². The number of fused-ring (bicyclic) bond motifs is 2. The van der Waals surface area contributed by atoms with E-state index in [1.54, 1.807) is 13.0 Å². The Morgan fingerprint density at radius 3 is 2.70 bits per heavy atom. The maximum absolute atomic E-state index is 14.0. The topological polar surface area (TPSA) is 66.5 Å². The van der Waals surface area contributed by atoms with Gasteiger partial charge in [0.15, 0.2) is 9.84 Å². The van der Waals surface area contributed by atoms with Gasteiger partial charge in [-0.1, -0.05) is 11.6 Å². The van der Waals surface area contributed by atoms with Crippen molar-refractivity contribution in [2.45, 2.75) is 36.7 Å². The number of carbonyl (C=O) groups excluding carboxylic acids is 1. The number of urea groups is 1. The van der Waals surface area contributed by atoms with E-state index in [1.807, 2.05) is 0 Å². The predicted molar refractivity (Wildman–Crippen MR) is 87.1 cm³/mol. The number of anilines is 1. The van der Waals surface area contributed by atoms with Crippen molar-refractivity contribution in [3.63, 3.8) is 0 Å². The van der Waals surface area contributed by atoms with Crippen LogP contribution in [0, 0.1) is 12.7 Å². The van der Waals surface area contributed by atoms with Crippen LogP contribution in [0.2, 0.25) is 5.02 Å². The molecule has 2 atom stereocenters. The number of amides is 2. The molecule has 126 valence electrons. The summed E-state index contributed by atoms with van der Waals surface area (Å²) in [7, 11) is -3.15. The van der Waals surface area contributed by atoms with Gasteiger partial charge in [-0.05, 0) is 43.9 Å². The molecule has 5 nitrogen and oxygen atoms in total. The molecule has 8 heteroatoms. The number of hydrogen-bond donors (Lipinski definition) is 1. The first kappa shape index (κ1) is 16.5. The Morgan fingerprint density at radius 2 is 2.00 bits per heavy atom. The van der Waals surface area contributed by atoms with Crippen LogP contribution in [0.15, 0.2) is 12.1 Å². The van der Waals surface area contributed by atoms with E-state index in [9.17, 15) is 17.6 Å². The summed E-state index contributed by atoms with van der Waals surface area (Å²) in [6, 6.07) is 2.34. The summed E-state index contributed by atoms with van der Waals surface area (Å²) >= 11 is 5.99. The van der Waals surface area contributed by atoms with E-state index in [0.717, 1.165) is 0 Å². The average molecular weight is 361 g/mol. The van der Waals surface area contributed by atoms with E-state index < -0.39 is 26.9 Å². The van der Waals surface area contributed by atoms with E-state index in [2.05, 4.69) is 5.32 Å². The Balaban J connectivity index is 1.77. The number of benzene rings is 1. The molecule has 0 aliphatic carbocycles. The first-order valence-electron chi connectivity index (χ1n) is 7.53. The lowest BCUT2D eigenvalue weighted by Gasteiger charge is -2.24. The second-order valence-electron chi connectivity index (χ2n) is 6.18. The number of aryl methyl sites for hydroxylation is 1. The van der Waals surface area contributed by atoms with Crippen molar-refractivity contribution in [1.29, 1.82) is 0 Å². The molecule has 2 aliphatic rings. The quantitative estimate of drug-likeness (QED) is 0.837. The van der Waals surface area contributed by atoms with Crippen molar-refractivity contribution in [2.24, 2.45) is 0 Å². The molecule has 2 unspecified atom stereocenters. The molecule has 3 rings (SSSR count). The zero-order chi connectivity index (χ0) is 16.8. The number of sulfone groups is 1. The second-order valence-corrected chi connectivity index (χ2v) is 9.10. The first-order valence-corrected chi connectivity index (χ1v) is 9.52. The van der Waals surface area contributed by atoms with Gasteiger partial charge in [0.1, 0.15) is 5.82 Å². The minimum atomic E-state index is -3.15. The van der Waals surface area contributed by atoms with E-state index in [1.165, 1.54) is 11.0 Å². The Morgan fingerprint density at radius 1 is 1.30 bits per heavy atom. The Hall–Kier alpha value is -1.34. The molecule has 2 fully saturated rings. The summed E-state index contributed by atoms with van der Waals surface area (Å²) in [5.74, 6) is -0.604. The van der Waals surface area contributed by atoms with Crippen molar-refractivity contribution in [3.8, 4) is 0 Å². The van der Waals surface area contributed by atoms with E-state index in [4.69, 9.17) is 11.6 Å². The highest BCUT2D eigenvalue weighted by molar-refractivity contribution is 7.93. The van der Waals surface area contributed by atoms with Crippen LogP contribution in [0.5, 0.6) is 0 Å². The molecule has 23 heavy (non-hydrogen) atoms. The molecule has 0 radical (unpaired) electrons. The van der Waals surface area contributed by atoms with Crippen LogP contribution >= 0.6 is 11.6 Å². The highest BCUT2D eigenvalue weighted by Gasteiger charge is 2.44. The standard InChI is InChI=1S/C15H18ClFN2O3S/c1-9-6-12(16)14(13(17)7-9)18-15(20)19-5-4-10-2-3-11(8-19)23(10,21)22/h6-7,10-11H,2-5,8H2,1H3,(H,18,20). The molecule has 0 saturated carbocycles. The molecule has 0 spiro atoms. The molecule has 0 aromatic heterocycles. The number of likely N-dealkylation sites (tertiary alicyclic amines) is 1. The SMILES string of the molecule is Cc1cc(F)c(NC(=O)N2CCC3CCC(C2)S3(=O)=O)c(Cl)c1. The predicted octanol–water partition coefficient (Wildman–Crippen LogP) is 2.97. The Kier molecular flexibility index (Phi) is 4.27. The lowest BCUT2D eigenvalue weighted by molar-refractivity contribution is 0.209. The van der Waals surface area contributed by atoms with Gasteiger partial charge in [-0.15, -0.1) is 0 Å². The molecular weight excluding hydrogens is 343 g/mol. The van der Waals surface area contributed by atoms with E-state index in [0.29, 0.717) is 31.4 Å². The van der Waals surface area contributed by atoms with Crippen molar-refractivity contribution < 1.29 is 17.6 Å². The first-order chi connectivity index (χ1) is 10.8. The van der Waals surface area contributed by atoms with Crippen LogP contribution in [0.3, 0.4) is 0 Å². The molecule has 1 aromatic carbocycles. The molecule has 1 N–H and O–H groups in total. The molecular formula is C15H18ClFN2O3S. The number of nitrogens with one attached hydrogen (secondary N) is 1. The minimum absolute atomic E-state index is 0.0699. The molecule has 1 aromatic rings. The minimum Gasteiger partial charge on any atom is -0.323 e. The monoisotopic (exact) mass is 360 g/mol. The lowest BCUT2D eigenvalue weighted by atomic mass is 10.1. The van der Waals surface area contributed by atoms with E-state index in [-0.39, 0.29) is 22.5 Å². The summed E-state index contributed by atoms with van der Waals surface area (Å²) in [5, 5.41) is 1.73. The Labute approximate surface area is 139 Å². The number of hydrogen-bond acceptors (Lipinski definition) is 3. The Bertz CT molecular complexity index is 730. The summed E-state index contributed by atoms with van der Waals surface area (Å²) in [6.45, 7) is 2.20.